The number of ether oxygens (including phenoxy) is 1. The standard InChI is InChI=1S/C16H31N3O/c1-2-17-15-7-11-20-13-16(15)19-10-6-14(12-19)18-8-4-3-5-9-18/h14-17H,2-13H2,1H3. The molecule has 0 aromatic heterocycles. The molecule has 0 radical (unpaired) electrons. The molecule has 0 aromatic rings. The lowest BCUT2D eigenvalue weighted by Crippen LogP contribution is -2.55. The molecule has 3 saturated heterocycles. The van der Waals surface area contributed by atoms with Gasteiger partial charge in [0, 0.05) is 37.8 Å². The summed E-state index contributed by atoms with van der Waals surface area (Å²) in [6.07, 6.45) is 6.77. The maximum Gasteiger partial charge on any atom is 0.0637 e. The lowest BCUT2D eigenvalue weighted by molar-refractivity contribution is 0.00270. The Balaban J connectivity index is 1.54. The van der Waals surface area contributed by atoms with Gasteiger partial charge in [0.1, 0.15) is 0 Å². The van der Waals surface area contributed by atoms with Crippen molar-refractivity contribution in [1.29, 1.82) is 0 Å². The fraction of sp³-hybridized carbons (Fsp3) is 1.00. The van der Waals surface area contributed by atoms with Crippen molar-refractivity contribution < 1.29 is 4.74 Å². The summed E-state index contributed by atoms with van der Waals surface area (Å²) in [5.74, 6) is 0. The maximum absolute atomic E-state index is 5.76. The molecule has 3 heterocycles. The van der Waals surface area contributed by atoms with Crippen LogP contribution in [0.4, 0.5) is 0 Å². The molecule has 0 spiro atoms. The van der Waals surface area contributed by atoms with Gasteiger partial charge < -0.3 is 10.1 Å². The molecule has 3 rings (SSSR count). The van der Waals surface area contributed by atoms with E-state index >= 15 is 0 Å². The fourth-order valence-corrected chi connectivity index (χ4v) is 4.23. The highest BCUT2D eigenvalue weighted by atomic mass is 16.5. The maximum atomic E-state index is 5.76. The van der Waals surface area contributed by atoms with E-state index in [1.54, 1.807) is 0 Å². The van der Waals surface area contributed by atoms with E-state index < -0.39 is 0 Å². The number of hydrogen-bond donors (Lipinski definition) is 1. The molecule has 0 saturated carbocycles. The minimum absolute atomic E-state index is 0.596. The lowest BCUT2D eigenvalue weighted by Gasteiger charge is -2.39. The van der Waals surface area contributed by atoms with Gasteiger partial charge in [-0.15, -0.1) is 0 Å². The van der Waals surface area contributed by atoms with Crippen LogP contribution in [-0.2, 0) is 4.74 Å². The molecule has 0 aromatic carbocycles. The molecule has 3 aliphatic heterocycles. The molecular formula is C16H31N3O. The second-order valence-electron chi connectivity index (χ2n) is 6.63. The number of hydrogen-bond acceptors (Lipinski definition) is 4. The van der Waals surface area contributed by atoms with Gasteiger partial charge in [0.2, 0.25) is 0 Å². The van der Waals surface area contributed by atoms with E-state index in [1.807, 2.05) is 0 Å². The van der Waals surface area contributed by atoms with Crippen molar-refractivity contribution in [2.75, 3.05) is 45.9 Å². The lowest BCUT2D eigenvalue weighted by atomic mass is 10.0. The summed E-state index contributed by atoms with van der Waals surface area (Å²) < 4.78 is 5.76. The third-order valence-corrected chi connectivity index (χ3v) is 5.36. The van der Waals surface area contributed by atoms with Crippen molar-refractivity contribution in [1.82, 2.24) is 15.1 Å². The van der Waals surface area contributed by atoms with Crippen molar-refractivity contribution in [3.63, 3.8) is 0 Å². The number of piperidine rings is 1. The van der Waals surface area contributed by atoms with Gasteiger partial charge in [0.15, 0.2) is 0 Å². The Morgan fingerprint density at radius 1 is 1.05 bits per heavy atom. The Labute approximate surface area is 123 Å². The molecule has 116 valence electrons. The van der Waals surface area contributed by atoms with Gasteiger partial charge in [-0.25, -0.2) is 0 Å². The van der Waals surface area contributed by atoms with Crippen molar-refractivity contribution in [2.24, 2.45) is 0 Å². The topological polar surface area (TPSA) is 27.7 Å². The normalized spacial score (nSPS) is 37.4. The fourth-order valence-electron chi connectivity index (χ4n) is 4.23. The highest BCUT2D eigenvalue weighted by Gasteiger charge is 2.36. The van der Waals surface area contributed by atoms with Crippen LogP contribution in [-0.4, -0.2) is 73.9 Å². The summed E-state index contributed by atoms with van der Waals surface area (Å²) in [7, 11) is 0. The minimum Gasteiger partial charge on any atom is -0.380 e. The Morgan fingerprint density at radius 2 is 1.90 bits per heavy atom. The first kappa shape index (κ1) is 14.8. The van der Waals surface area contributed by atoms with E-state index in [-0.39, 0.29) is 0 Å². The largest absolute Gasteiger partial charge is 0.380 e. The predicted octanol–water partition coefficient (Wildman–Crippen LogP) is 1.31. The first-order valence-electron chi connectivity index (χ1n) is 8.67. The van der Waals surface area contributed by atoms with Crippen molar-refractivity contribution in [3.8, 4) is 0 Å². The van der Waals surface area contributed by atoms with Crippen LogP contribution in [0.3, 0.4) is 0 Å². The summed E-state index contributed by atoms with van der Waals surface area (Å²) >= 11 is 0. The third-order valence-electron chi connectivity index (χ3n) is 5.36. The van der Waals surface area contributed by atoms with Crippen LogP contribution in [0, 0.1) is 0 Å². The Bertz CT molecular complexity index is 291. The van der Waals surface area contributed by atoms with Gasteiger partial charge in [-0.05, 0) is 45.3 Å². The number of rotatable bonds is 4. The number of nitrogens with one attached hydrogen (secondary N) is 1. The highest BCUT2D eigenvalue weighted by molar-refractivity contribution is 4.93. The van der Waals surface area contributed by atoms with Gasteiger partial charge in [-0.3, -0.25) is 9.80 Å². The number of likely N-dealkylation sites (tertiary alicyclic amines) is 2. The summed E-state index contributed by atoms with van der Waals surface area (Å²) in [6, 6.07) is 2.03. The molecule has 0 bridgehead atoms. The Kier molecular flexibility index (Phi) is 5.32. The zero-order chi connectivity index (χ0) is 13.8. The first-order valence-corrected chi connectivity index (χ1v) is 8.67. The van der Waals surface area contributed by atoms with E-state index in [0.717, 1.165) is 25.8 Å². The van der Waals surface area contributed by atoms with E-state index in [0.29, 0.717) is 12.1 Å². The molecule has 1 N–H and O–H groups in total. The van der Waals surface area contributed by atoms with Gasteiger partial charge in [-0.1, -0.05) is 13.3 Å². The summed E-state index contributed by atoms with van der Waals surface area (Å²) in [5, 5.41) is 3.67. The van der Waals surface area contributed by atoms with E-state index in [1.165, 1.54) is 58.3 Å². The summed E-state index contributed by atoms with van der Waals surface area (Å²) in [4.78, 5) is 5.45. The molecule has 0 amide bonds. The average Bonchev–Trinajstić information content (AvgIpc) is 2.99. The Morgan fingerprint density at radius 3 is 2.70 bits per heavy atom. The quantitative estimate of drug-likeness (QED) is 0.841. The van der Waals surface area contributed by atoms with Gasteiger partial charge in [0.25, 0.3) is 0 Å². The molecule has 3 unspecified atom stereocenters. The third kappa shape index (κ3) is 3.35. The predicted molar refractivity (Wildman–Crippen MR) is 82.1 cm³/mol. The monoisotopic (exact) mass is 281 g/mol. The second-order valence-corrected chi connectivity index (χ2v) is 6.63. The zero-order valence-electron chi connectivity index (χ0n) is 13.0. The zero-order valence-corrected chi connectivity index (χ0v) is 13.0. The van der Waals surface area contributed by atoms with Crippen molar-refractivity contribution in [2.45, 2.75) is 57.2 Å². The summed E-state index contributed by atoms with van der Waals surface area (Å²) in [6.45, 7) is 10.3. The molecule has 20 heavy (non-hydrogen) atoms. The van der Waals surface area contributed by atoms with Gasteiger partial charge in [-0.2, -0.15) is 0 Å². The number of likely N-dealkylation sites (N-methyl/N-ethyl adjacent to an activating group) is 1. The van der Waals surface area contributed by atoms with Crippen LogP contribution < -0.4 is 5.32 Å². The molecule has 4 heteroatoms. The summed E-state index contributed by atoms with van der Waals surface area (Å²) in [5.41, 5.74) is 0. The van der Waals surface area contributed by atoms with E-state index in [2.05, 4.69) is 22.0 Å². The molecule has 3 fully saturated rings. The van der Waals surface area contributed by atoms with Crippen LogP contribution in [0.25, 0.3) is 0 Å². The molecule has 4 nitrogen and oxygen atoms in total. The molecular weight excluding hydrogens is 250 g/mol. The number of nitrogens with zero attached hydrogens (tertiary/aromatic N) is 2. The van der Waals surface area contributed by atoms with Crippen LogP contribution in [0.15, 0.2) is 0 Å². The minimum atomic E-state index is 0.596. The highest BCUT2D eigenvalue weighted by Crippen LogP contribution is 2.24. The van der Waals surface area contributed by atoms with E-state index in [4.69, 9.17) is 4.74 Å². The molecule has 3 aliphatic rings. The van der Waals surface area contributed by atoms with E-state index in [9.17, 15) is 0 Å². The van der Waals surface area contributed by atoms with Crippen LogP contribution in [0.1, 0.15) is 39.0 Å². The molecule has 3 atom stereocenters. The van der Waals surface area contributed by atoms with Crippen LogP contribution in [0.2, 0.25) is 0 Å². The SMILES string of the molecule is CCNC1CCOCC1N1CCC(N2CCCCC2)C1. The molecule has 0 aliphatic carbocycles. The van der Waals surface area contributed by atoms with Gasteiger partial charge in [0.05, 0.1) is 6.61 Å². The van der Waals surface area contributed by atoms with Crippen LogP contribution >= 0.6 is 0 Å². The van der Waals surface area contributed by atoms with Crippen LogP contribution in [0.5, 0.6) is 0 Å². The first-order chi connectivity index (χ1) is 9.88. The van der Waals surface area contributed by atoms with Gasteiger partial charge >= 0.3 is 0 Å². The smallest absolute Gasteiger partial charge is 0.0637 e. The van der Waals surface area contributed by atoms with Crippen molar-refractivity contribution >= 4 is 0 Å². The average molecular weight is 281 g/mol. The Hall–Kier alpha value is -0.160. The van der Waals surface area contributed by atoms with Crippen molar-refractivity contribution in [3.05, 3.63) is 0 Å². The second kappa shape index (κ2) is 7.21.